The summed E-state index contributed by atoms with van der Waals surface area (Å²) >= 11 is 0. The zero-order valence-electron chi connectivity index (χ0n) is 11.0. The van der Waals surface area contributed by atoms with E-state index in [1.165, 1.54) is 5.56 Å². The molecule has 0 aliphatic carbocycles. The molecule has 3 atom stereocenters. The Kier molecular flexibility index (Phi) is 4.53. The molecule has 0 saturated heterocycles. The smallest absolute Gasteiger partial charge is 0.187 e. The summed E-state index contributed by atoms with van der Waals surface area (Å²) in [6.07, 6.45) is 3.00. The fraction of sp³-hybridized carbons (Fsp3) is 0.467. The number of hydrogen-bond acceptors (Lipinski definition) is 3. The van der Waals surface area contributed by atoms with Crippen LogP contribution in [0.4, 0.5) is 0 Å². The van der Waals surface area contributed by atoms with Crippen molar-refractivity contribution in [3.05, 3.63) is 48.0 Å². The first-order valence-electron chi connectivity index (χ1n) is 6.29. The minimum atomic E-state index is -0.328. The highest BCUT2D eigenvalue weighted by atomic mass is 16.8. The molecule has 0 bridgehead atoms. The molecule has 1 aromatic rings. The van der Waals surface area contributed by atoms with Crippen LogP contribution in [0.25, 0.3) is 0 Å². The maximum atomic E-state index is 5.87. The Hall–Kier alpha value is -1.16. The summed E-state index contributed by atoms with van der Waals surface area (Å²) in [4.78, 5) is 0. The summed E-state index contributed by atoms with van der Waals surface area (Å²) in [6.45, 7) is 5.74. The first-order valence-corrected chi connectivity index (χ1v) is 6.29. The van der Waals surface area contributed by atoms with Gasteiger partial charge >= 0.3 is 0 Å². The predicted molar refractivity (Wildman–Crippen MR) is 70.0 cm³/mol. The molecule has 0 N–H and O–H groups in total. The Morgan fingerprint density at radius 2 is 2.11 bits per heavy atom. The Morgan fingerprint density at radius 1 is 1.39 bits per heavy atom. The second-order valence-electron chi connectivity index (χ2n) is 4.41. The maximum absolute atomic E-state index is 5.87. The first-order chi connectivity index (χ1) is 8.76. The van der Waals surface area contributed by atoms with Gasteiger partial charge in [0.25, 0.3) is 0 Å². The molecule has 0 fully saturated rings. The van der Waals surface area contributed by atoms with Gasteiger partial charge in [0.2, 0.25) is 0 Å². The highest BCUT2D eigenvalue weighted by Crippen LogP contribution is 2.39. The van der Waals surface area contributed by atoms with E-state index in [0.29, 0.717) is 0 Å². The zero-order valence-corrected chi connectivity index (χ0v) is 11.0. The molecule has 0 saturated carbocycles. The van der Waals surface area contributed by atoms with Gasteiger partial charge in [0.05, 0.1) is 6.10 Å². The average molecular weight is 248 g/mol. The summed E-state index contributed by atoms with van der Waals surface area (Å²) in [6, 6.07) is 8.15. The molecule has 1 aromatic carbocycles. The van der Waals surface area contributed by atoms with Gasteiger partial charge in [-0.2, -0.15) is 0 Å². The van der Waals surface area contributed by atoms with Gasteiger partial charge in [-0.1, -0.05) is 30.3 Å². The second kappa shape index (κ2) is 6.14. The molecule has 98 valence electrons. The molecule has 0 amide bonds. The van der Waals surface area contributed by atoms with E-state index in [-0.39, 0.29) is 18.7 Å². The molecule has 0 spiro atoms. The van der Waals surface area contributed by atoms with Crippen LogP contribution in [0.5, 0.6) is 0 Å². The average Bonchev–Trinajstić information content (AvgIpc) is 2.72. The maximum Gasteiger partial charge on any atom is 0.187 e. The number of fused-ring (bicyclic) bond motifs is 1. The van der Waals surface area contributed by atoms with Crippen molar-refractivity contribution in [2.45, 2.75) is 38.4 Å². The molecule has 0 radical (unpaired) electrons. The van der Waals surface area contributed by atoms with E-state index in [9.17, 15) is 0 Å². The van der Waals surface area contributed by atoms with Crippen LogP contribution in [0.2, 0.25) is 0 Å². The first kappa shape index (κ1) is 13.3. The highest BCUT2D eigenvalue weighted by Gasteiger charge is 2.31. The van der Waals surface area contributed by atoms with Gasteiger partial charge in [0, 0.05) is 19.1 Å². The molecule has 1 aliphatic heterocycles. The SMILES string of the molecule is C=CCCC(OC)OC1OC(C)c2ccccc21. The monoisotopic (exact) mass is 248 g/mol. The lowest BCUT2D eigenvalue weighted by Crippen LogP contribution is -2.18. The third-order valence-electron chi connectivity index (χ3n) is 3.16. The Labute approximate surface area is 108 Å². The molecular weight excluding hydrogens is 228 g/mol. The number of allylic oxidation sites excluding steroid dienone is 1. The summed E-state index contributed by atoms with van der Waals surface area (Å²) in [7, 11) is 1.65. The van der Waals surface area contributed by atoms with E-state index >= 15 is 0 Å². The van der Waals surface area contributed by atoms with Crippen LogP contribution in [0.15, 0.2) is 36.9 Å². The minimum Gasteiger partial charge on any atom is -0.356 e. The lowest BCUT2D eigenvalue weighted by molar-refractivity contribution is -0.246. The molecule has 3 heteroatoms. The van der Waals surface area contributed by atoms with E-state index in [1.54, 1.807) is 7.11 Å². The van der Waals surface area contributed by atoms with Crippen molar-refractivity contribution in [2.75, 3.05) is 7.11 Å². The number of methoxy groups -OCH3 is 1. The van der Waals surface area contributed by atoms with Crippen LogP contribution in [0.3, 0.4) is 0 Å². The summed E-state index contributed by atoms with van der Waals surface area (Å²) in [5.41, 5.74) is 2.30. The molecule has 3 nitrogen and oxygen atoms in total. The van der Waals surface area contributed by atoms with Crippen LogP contribution < -0.4 is 0 Å². The quantitative estimate of drug-likeness (QED) is 0.567. The highest BCUT2D eigenvalue weighted by molar-refractivity contribution is 5.32. The molecule has 1 heterocycles. The number of benzene rings is 1. The third kappa shape index (κ3) is 2.80. The normalized spacial score (nSPS) is 23.7. The van der Waals surface area contributed by atoms with Crippen molar-refractivity contribution < 1.29 is 14.2 Å². The van der Waals surface area contributed by atoms with Gasteiger partial charge in [-0.05, 0) is 18.9 Å². The van der Waals surface area contributed by atoms with E-state index in [0.717, 1.165) is 18.4 Å². The molecule has 0 aromatic heterocycles. The minimum absolute atomic E-state index is 0.0723. The standard InChI is InChI=1S/C15H20O3/c1-4-5-10-14(16-3)18-15-13-9-7-6-8-12(13)11(2)17-15/h4,6-9,11,14-15H,1,5,10H2,2-3H3. The predicted octanol–water partition coefficient (Wildman–Crippen LogP) is 3.73. The van der Waals surface area contributed by atoms with Crippen molar-refractivity contribution in [3.63, 3.8) is 0 Å². The molecular formula is C15H20O3. The number of hydrogen-bond donors (Lipinski definition) is 0. The van der Waals surface area contributed by atoms with Crippen molar-refractivity contribution in [3.8, 4) is 0 Å². The van der Waals surface area contributed by atoms with E-state index in [1.807, 2.05) is 31.2 Å². The lowest BCUT2D eigenvalue weighted by atomic mass is 10.1. The summed E-state index contributed by atoms with van der Waals surface area (Å²) in [5.74, 6) is 0. The number of ether oxygens (including phenoxy) is 3. The zero-order chi connectivity index (χ0) is 13.0. The summed E-state index contributed by atoms with van der Waals surface area (Å²) < 4.78 is 17.0. The number of rotatable bonds is 6. The van der Waals surface area contributed by atoms with Crippen LogP contribution in [0.1, 0.15) is 43.3 Å². The Morgan fingerprint density at radius 3 is 2.78 bits per heavy atom. The fourth-order valence-electron chi connectivity index (χ4n) is 2.17. The van der Waals surface area contributed by atoms with E-state index in [4.69, 9.17) is 14.2 Å². The van der Waals surface area contributed by atoms with Crippen LogP contribution in [0, 0.1) is 0 Å². The molecule has 1 aliphatic rings. The van der Waals surface area contributed by atoms with Crippen LogP contribution >= 0.6 is 0 Å². The largest absolute Gasteiger partial charge is 0.356 e. The topological polar surface area (TPSA) is 27.7 Å². The van der Waals surface area contributed by atoms with Gasteiger partial charge in [0.15, 0.2) is 12.6 Å². The lowest BCUT2D eigenvalue weighted by Gasteiger charge is -2.21. The van der Waals surface area contributed by atoms with Crippen molar-refractivity contribution >= 4 is 0 Å². The molecule has 2 rings (SSSR count). The third-order valence-corrected chi connectivity index (χ3v) is 3.16. The Bertz CT molecular complexity index is 402. The van der Waals surface area contributed by atoms with Gasteiger partial charge in [-0.25, -0.2) is 0 Å². The van der Waals surface area contributed by atoms with Gasteiger partial charge < -0.3 is 14.2 Å². The van der Waals surface area contributed by atoms with E-state index in [2.05, 4.69) is 12.6 Å². The van der Waals surface area contributed by atoms with Crippen LogP contribution in [-0.4, -0.2) is 13.4 Å². The van der Waals surface area contributed by atoms with Crippen molar-refractivity contribution in [1.82, 2.24) is 0 Å². The molecule has 3 unspecified atom stereocenters. The van der Waals surface area contributed by atoms with Crippen molar-refractivity contribution in [1.29, 1.82) is 0 Å². The summed E-state index contributed by atoms with van der Waals surface area (Å²) in [5, 5.41) is 0. The van der Waals surface area contributed by atoms with E-state index < -0.39 is 0 Å². The van der Waals surface area contributed by atoms with Gasteiger partial charge in [0.1, 0.15) is 0 Å². The van der Waals surface area contributed by atoms with Crippen molar-refractivity contribution in [2.24, 2.45) is 0 Å². The van der Waals surface area contributed by atoms with Crippen LogP contribution in [-0.2, 0) is 14.2 Å². The van der Waals surface area contributed by atoms with Gasteiger partial charge in [-0.15, -0.1) is 6.58 Å². The van der Waals surface area contributed by atoms with Gasteiger partial charge in [-0.3, -0.25) is 0 Å². The second-order valence-corrected chi connectivity index (χ2v) is 4.41. The fourth-order valence-corrected chi connectivity index (χ4v) is 2.17. The Balaban J connectivity index is 2.04. The molecule has 18 heavy (non-hydrogen) atoms.